The first-order chi connectivity index (χ1) is 14.7. The number of carbonyl (C=O) groups excluding carboxylic acids is 1. The van der Waals surface area contributed by atoms with E-state index in [1.54, 1.807) is 36.0 Å². The maximum Gasteiger partial charge on any atom is 0.341 e. The maximum absolute atomic E-state index is 11.7. The third-order valence-electron chi connectivity index (χ3n) is 4.72. The summed E-state index contributed by atoms with van der Waals surface area (Å²) in [7, 11) is 1.28. The number of ether oxygens (including phenoxy) is 1. The van der Waals surface area contributed by atoms with Gasteiger partial charge in [0.05, 0.1) is 41.8 Å². The van der Waals surface area contributed by atoms with Gasteiger partial charge in [-0.2, -0.15) is 0 Å². The quantitative estimate of drug-likeness (QED) is 0.345. The number of imidazole rings is 1. The summed E-state index contributed by atoms with van der Waals surface area (Å²) in [4.78, 5) is 21.3. The van der Waals surface area contributed by atoms with E-state index >= 15 is 0 Å². The summed E-state index contributed by atoms with van der Waals surface area (Å²) < 4.78 is 6.73. The molecule has 0 aliphatic heterocycles. The number of aromatic hydroxyl groups is 1. The van der Waals surface area contributed by atoms with Crippen LogP contribution < -0.4 is 5.32 Å². The predicted molar refractivity (Wildman–Crippen MR) is 116 cm³/mol. The smallest absolute Gasteiger partial charge is 0.341 e. The summed E-state index contributed by atoms with van der Waals surface area (Å²) in [5, 5.41) is 13.5. The minimum atomic E-state index is -0.581. The fraction of sp³-hybridized carbons (Fsp3) is 0.136. The zero-order chi connectivity index (χ0) is 20.9. The first-order valence-corrected chi connectivity index (χ1v) is 10.1. The summed E-state index contributed by atoms with van der Waals surface area (Å²) in [6.45, 7) is 1.12. The normalized spacial score (nSPS) is 10.7. The molecule has 2 aromatic carbocycles. The molecule has 30 heavy (non-hydrogen) atoms. The minimum absolute atomic E-state index is 0.122. The molecule has 2 heterocycles. The highest BCUT2D eigenvalue weighted by Crippen LogP contribution is 2.28. The van der Waals surface area contributed by atoms with Crippen molar-refractivity contribution in [1.29, 1.82) is 0 Å². The standard InChI is InChI=1S/C22H20N4O3S/c1-29-22(28)18-3-2-4-19(21(18)27)25-10-17-9-23-13-26(17)12-15-5-7-16(8-6-15)20-11-24-14-30-20/h2-9,11,13-14,25,27H,10,12H2,1H3. The van der Waals surface area contributed by atoms with Gasteiger partial charge in [0.25, 0.3) is 0 Å². The summed E-state index contributed by atoms with van der Waals surface area (Å²) in [6, 6.07) is 13.3. The highest BCUT2D eigenvalue weighted by Gasteiger charge is 2.14. The Hall–Kier alpha value is -3.65. The van der Waals surface area contributed by atoms with Gasteiger partial charge in [-0.3, -0.25) is 4.98 Å². The molecule has 0 spiro atoms. The topological polar surface area (TPSA) is 89.3 Å². The minimum Gasteiger partial charge on any atom is -0.505 e. The van der Waals surface area contributed by atoms with Gasteiger partial charge in [0.1, 0.15) is 5.56 Å². The van der Waals surface area contributed by atoms with Crippen LogP contribution in [-0.2, 0) is 17.8 Å². The molecule has 4 rings (SSSR count). The van der Waals surface area contributed by atoms with E-state index < -0.39 is 5.97 Å². The second kappa shape index (κ2) is 8.79. The summed E-state index contributed by atoms with van der Waals surface area (Å²) >= 11 is 1.62. The first-order valence-electron chi connectivity index (χ1n) is 9.26. The number of nitrogens with zero attached hydrogens (tertiary/aromatic N) is 3. The number of rotatable bonds is 7. The fourth-order valence-electron chi connectivity index (χ4n) is 3.11. The third-order valence-corrected chi connectivity index (χ3v) is 5.55. The molecule has 0 aliphatic rings. The van der Waals surface area contributed by atoms with Crippen molar-refractivity contribution in [2.45, 2.75) is 13.1 Å². The SMILES string of the molecule is COC(=O)c1cccc(NCc2cncn2Cc2ccc(-c3cncs3)cc2)c1O. The molecule has 0 saturated carbocycles. The lowest BCUT2D eigenvalue weighted by molar-refractivity contribution is 0.0597. The summed E-state index contributed by atoms with van der Waals surface area (Å²) in [5.74, 6) is -0.711. The number of aromatic nitrogens is 3. The number of nitrogens with one attached hydrogen (secondary N) is 1. The lowest BCUT2D eigenvalue weighted by atomic mass is 10.1. The molecule has 4 aromatic rings. The molecule has 0 fully saturated rings. The Balaban J connectivity index is 1.45. The van der Waals surface area contributed by atoms with Crippen LogP contribution in [0.25, 0.3) is 10.4 Å². The average molecular weight is 420 g/mol. The number of thiazole rings is 1. The van der Waals surface area contributed by atoms with Gasteiger partial charge in [-0.25, -0.2) is 9.78 Å². The van der Waals surface area contributed by atoms with Crippen molar-refractivity contribution >= 4 is 23.0 Å². The molecule has 2 N–H and O–H groups in total. The molecule has 2 aromatic heterocycles. The second-order valence-electron chi connectivity index (χ2n) is 6.62. The van der Waals surface area contributed by atoms with Crippen LogP contribution in [0, 0.1) is 0 Å². The zero-order valence-electron chi connectivity index (χ0n) is 16.3. The maximum atomic E-state index is 11.7. The van der Waals surface area contributed by atoms with Crippen LogP contribution in [0.4, 0.5) is 5.69 Å². The Morgan fingerprint density at radius 1 is 1.17 bits per heavy atom. The van der Waals surface area contributed by atoms with Gasteiger partial charge >= 0.3 is 5.97 Å². The number of methoxy groups -OCH3 is 1. The molecule has 7 nitrogen and oxygen atoms in total. The first kappa shape index (κ1) is 19.7. The van der Waals surface area contributed by atoms with Crippen molar-refractivity contribution in [1.82, 2.24) is 14.5 Å². The molecule has 0 radical (unpaired) electrons. The molecule has 152 valence electrons. The number of phenols is 1. The van der Waals surface area contributed by atoms with E-state index in [4.69, 9.17) is 4.74 Å². The van der Waals surface area contributed by atoms with Crippen molar-refractivity contribution in [3.63, 3.8) is 0 Å². The lowest BCUT2D eigenvalue weighted by Crippen LogP contribution is -2.09. The van der Waals surface area contributed by atoms with Crippen LogP contribution in [0.2, 0.25) is 0 Å². The van der Waals surface area contributed by atoms with Gasteiger partial charge in [0.15, 0.2) is 5.75 Å². The van der Waals surface area contributed by atoms with Crippen LogP contribution in [0.3, 0.4) is 0 Å². The molecule has 0 saturated heterocycles. The lowest BCUT2D eigenvalue weighted by Gasteiger charge is -2.13. The van der Waals surface area contributed by atoms with Crippen molar-refractivity contribution < 1.29 is 14.6 Å². The molecule has 0 bridgehead atoms. The zero-order valence-corrected chi connectivity index (χ0v) is 17.1. The molecular formula is C22H20N4O3S. The second-order valence-corrected chi connectivity index (χ2v) is 7.51. The Morgan fingerprint density at radius 3 is 2.73 bits per heavy atom. The van der Waals surface area contributed by atoms with Crippen LogP contribution in [0.5, 0.6) is 5.75 Å². The van der Waals surface area contributed by atoms with Crippen LogP contribution >= 0.6 is 11.3 Å². The van der Waals surface area contributed by atoms with Gasteiger partial charge in [-0.1, -0.05) is 30.3 Å². The molecule has 0 unspecified atom stereocenters. The van der Waals surface area contributed by atoms with E-state index in [-0.39, 0.29) is 11.3 Å². The van der Waals surface area contributed by atoms with E-state index in [1.807, 2.05) is 16.3 Å². The van der Waals surface area contributed by atoms with Crippen LogP contribution in [0.1, 0.15) is 21.6 Å². The molecule has 8 heteroatoms. The Kier molecular flexibility index (Phi) is 5.76. The highest BCUT2D eigenvalue weighted by molar-refractivity contribution is 7.13. The van der Waals surface area contributed by atoms with Crippen molar-refractivity contribution in [2.75, 3.05) is 12.4 Å². The van der Waals surface area contributed by atoms with Gasteiger partial charge in [0.2, 0.25) is 0 Å². The molecule has 0 aliphatic carbocycles. The number of para-hydroxylation sites is 1. The summed E-state index contributed by atoms with van der Waals surface area (Å²) in [5.41, 5.74) is 5.65. The number of esters is 1. The Labute approximate surface area is 177 Å². The Bertz CT molecular complexity index is 1140. The molecular weight excluding hydrogens is 400 g/mol. The van der Waals surface area contributed by atoms with E-state index in [0.29, 0.717) is 18.8 Å². The van der Waals surface area contributed by atoms with Gasteiger partial charge < -0.3 is 19.7 Å². The van der Waals surface area contributed by atoms with Gasteiger partial charge in [-0.05, 0) is 23.3 Å². The van der Waals surface area contributed by atoms with Crippen molar-refractivity contribution in [3.05, 3.63) is 83.5 Å². The molecule has 0 atom stereocenters. The van der Waals surface area contributed by atoms with Crippen LogP contribution in [-0.4, -0.2) is 32.7 Å². The monoisotopic (exact) mass is 420 g/mol. The number of hydrogen-bond acceptors (Lipinski definition) is 7. The Morgan fingerprint density at radius 2 is 2.00 bits per heavy atom. The number of phenolic OH excluding ortho intramolecular Hbond substituents is 1. The fourth-order valence-corrected chi connectivity index (χ4v) is 3.74. The van der Waals surface area contributed by atoms with E-state index in [1.165, 1.54) is 13.2 Å². The van der Waals surface area contributed by atoms with Crippen molar-refractivity contribution in [3.8, 4) is 16.2 Å². The van der Waals surface area contributed by atoms with Gasteiger partial charge in [0, 0.05) is 18.9 Å². The number of anilines is 1. The number of hydrogen-bond donors (Lipinski definition) is 2. The van der Waals surface area contributed by atoms with E-state index in [0.717, 1.165) is 21.7 Å². The largest absolute Gasteiger partial charge is 0.505 e. The average Bonchev–Trinajstić information content (AvgIpc) is 3.45. The molecule has 0 amide bonds. The number of carbonyl (C=O) groups is 1. The van der Waals surface area contributed by atoms with Gasteiger partial charge in [-0.15, -0.1) is 11.3 Å². The van der Waals surface area contributed by atoms with E-state index in [2.05, 4.69) is 39.6 Å². The van der Waals surface area contributed by atoms with Crippen molar-refractivity contribution in [2.24, 2.45) is 0 Å². The van der Waals surface area contributed by atoms with E-state index in [9.17, 15) is 9.90 Å². The van der Waals surface area contributed by atoms with Crippen LogP contribution in [0.15, 0.2) is 66.7 Å². The predicted octanol–water partition coefficient (Wildman–Crippen LogP) is 4.16. The number of benzene rings is 2. The highest BCUT2D eigenvalue weighted by atomic mass is 32.1. The third kappa shape index (κ3) is 4.18. The summed E-state index contributed by atoms with van der Waals surface area (Å²) in [6.07, 6.45) is 5.42.